The Balaban J connectivity index is 1.97. The van der Waals surface area contributed by atoms with E-state index in [-0.39, 0.29) is 12.1 Å². The van der Waals surface area contributed by atoms with Crippen molar-refractivity contribution >= 4 is 15.9 Å². The van der Waals surface area contributed by atoms with E-state index in [1.54, 1.807) is 0 Å². The first-order chi connectivity index (χ1) is 9.06. The number of benzene rings is 1. The number of hydrogen-bond donors (Lipinski definition) is 1. The summed E-state index contributed by atoms with van der Waals surface area (Å²) in [7, 11) is 1.94. The van der Waals surface area contributed by atoms with Crippen LogP contribution in [-0.2, 0) is 7.05 Å². The maximum Gasteiger partial charge on any atom is 0.129 e. The molecular formula is C14H16BrN3O. The number of nitrogens with zero attached hydrogens (tertiary/aromatic N) is 2. The van der Waals surface area contributed by atoms with E-state index in [1.807, 2.05) is 43.0 Å². The summed E-state index contributed by atoms with van der Waals surface area (Å²) in [6.45, 7) is 2.05. The summed E-state index contributed by atoms with van der Waals surface area (Å²) in [6.07, 6.45) is 2.63. The van der Waals surface area contributed by atoms with Gasteiger partial charge in [0.2, 0.25) is 0 Å². The Labute approximate surface area is 120 Å². The normalized spacial score (nSPS) is 21.9. The minimum atomic E-state index is -0.0163. The van der Waals surface area contributed by atoms with Crippen LogP contribution in [0.25, 0.3) is 0 Å². The van der Waals surface area contributed by atoms with E-state index >= 15 is 0 Å². The van der Waals surface area contributed by atoms with Crippen molar-refractivity contribution in [2.75, 3.05) is 0 Å². The molecule has 2 unspecified atom stereocenters. The van der Waals surface area contributed by atoms with Crippen LogP contribution in [0, 0.1) is 6.92 Å². The highest BCUT2D eigenvalue weighted by Crippen LogP contribution is 2.41. The smallest absolute Gasteiger partial charge is 0.129 e. The number of nitrogens with two attached hydrogens (primary N) is 1. The van der Waals surface area contributed by atoms with E-state index in [0.29, 0.717) is 0 Å². The van der Waals surface area contributed by atoms with Gasteiger partial charge in [-0.25, -0.2) is 0 Å². The minimum Gasteiger partial charge on any atom is -0.485 e. The molecule has 0 fully saturated rings. The lowest BCUT2D eigenvalue weighted by Crippen LogP contribution is -2.24. The fourth-order valence-corrected chi connectivity index (χ4v) is 2.88. The van der Waals surface area contributed by atoms with Crippen LogP contribution in [0.5, 0.6) is 5.75 Å². The van der Waals surface area contributed by atoms with Crippen LogP contribution in [0.1, 0.15) is 35.4 Å². The Morgan fingerprint density at radius 1 is 1.42 bits per heavy atom. The van der Waals surface area contributed by atoms with Gasteiger partial charge in [-0.05, 0) is 25.1 Å². The molecule has 1 aliphatic heterocycles. The summed E-state index contributed by atoms with van der Waals surface area (Å²) in [5.41, 5.74) is 9.57. The molecule has 19 heavy (non-hydrogen) atoms. The van der Waals surface area contributed by atoms with Gasteiger partial charge in [-0.1, -0.05) is 15.9 Å². The molecule has 2 aromatic rings. The molecule has 0 amide bonds. The van der Waals surface area contributed by atoms with Crippen LogP contribution < -0.4 is 10.5 Å². The number of aryl methyl sites for hydroxylation is 1. The summed E-state index contributed by atoms with van der Waals surface area (Å²) < 4.78 is 8.97. The van der Waals surface area contributed by atoms with Crippen LogP contribution in [0.15, 0.2) is 28.9 Å². The number of rotatable bonds is 1. The largest absolute Gasteiger partial charge is 0.485 e. The third-order valence-corrected chi connectivity index (χ3v) is 4.22. The fraction of sp³-hybridized carbons (Fsp3) is 0.357. The van der Waals surface area contributed by atoms with Gasteiger partial charge >= 0.3 is 0 Å². The first-order valence-electron chi connectivity index (χ1n) is 6.26. The molecule has 2 N–H and O–H groups in total. The van der Waals surface area contributed by atoms with Gasteiger partial charge in [-0.3, -0.25) is 4.68 Å². The lowest BCUT2D eigenvalue weighted by atomic mass is 9.94. The quantitative estimate of drug-likeness (QED) is 0.878. The fourth-order valence-electron chi connectivity index (χ4n) is 2.50. The average Bonchev–Trinajstić information content (AvgIpc) is 2.71. The van der Waals surface area contributed by atoms with E-state index in [0.717, 1.165) is 33.5 Å². The van der Waals surface area contributed by atoms with Crippen molar-refractivity contribution in [3.8, 4) is 5.75 Å². The second-order valence-electron chi connectivity index (χ2n) is 4.94. The second-order valence-corrected chi connectivity index (χ2v) is 5.86. The van der Waals surface area contributed by atoms with Crippen LogP contribution in [0.4, 0.5) is 0 Å². The molecule has 4 nitrogen and oxygen atoms in total. The number of aromatic nitrogens is 2. The highest BCUT2D eigenvalue weighted by Gasteiger charge is 2.29. The zero-order valence-electron chi connectivity index (χ0n) is 10.9. The Bertz CT molecular complexity index is 623. The monoisotopic (exact) mass is 321 g/mol. The molecule has 0 spiro atoms. The Morgan fingerprint density at radius 2 is 2.21 bits per heavy atom. The second kappa shape index (κ2) is 4.65. The molecule has 1 aliphatic rings. The summed E-state index contributed by atoms with van der Waals surface area (Å²) >= 11 is 3.47. The summed E-state index contributed by atoms with van der Waals surface area (Å²) in [4.78, 5) is 0. The van der Waals surface area contributed by atoms with Crippen molar-refractivity contribution in [2.24, 2.45) is 12.8 Å². The SMILES string of the molecule is Cc1c(C2CC(N)c3cc(Br)ccc3O2)cnn1C. The molecule has 0 aliphatic carbocycles. The molecule has 0 saturated carbocycles. The topological polar surface area (TPSA) is 53.1 Å². The predicted molar refractivity (Wildman–Crippen MR) is 77.0 cm³/mol. The molecule has 100 valence electrons. The van der Waals surface area contributed by atoms with Gasteiger partial charge in [0.15, 0.2) is 0 Å². The van der Waals surface area contributed by atoms with Crippen LogP contribution in [0.2, 0.25) is 0 Å². The predicted octanol–water partition coefficient (Wildman–Crippen LogP) is 3.01. The molecule has 2 heterocycles. The molecular weight excluding hydrogens is 306 g/mol. The van der Waals surface area contributed by atoms with E-state index in [2.05, 4.69) is 21.0 Å². The first-order valence-corrected chi connectivity index (χ1v) is 7.05. The first kappa shape index (κ1) is 12.7. The van der Waals surface area contributed by atoms with E-state index in [4.69, 9.17) is 10.5 Å². The highest BCUT2D eigenvalue weighted by atomic mass is 79.9. The average molecular weight is 322 g/mol. The summed E-state index contributed by atoms with van der Waals surface area (Å²) in [6, 6.07) is 5.97. The zero-order chi connectivity index (χ0) is 13.6. The van der Waals surface area contributed by atoms with E-state index in [1.165, 1.54) is 0 Å². The van der Waals surface area contributed by atoms with E-state index in [9.17, 15) is 0 Å². The zero-order valence-corrected chi connectivity index (χ0v) is 12.5. The van der Waals surface area contributed by atoms with E-state index < -0.39 is 0 Å². The molecule has 1 aromatic carbocycles. The molecule has 2 atom stereocenters. The maximum absolute atomic E-state index is 6.27. The van der Waals surface area contributed by atoms with Crippen molar-refractivity contribution in [3.63, 3.8) is 0 Å². The van der Waals surface area contributed by atoms with Crippen LogP contribution in [0.3, 0.4) is 0 Å². The summed E-state index contributed by atoms with van der Waals surface area (Å²) in [5.74, 6) is 0.871. The third-order valence-electron chi connectivity index (χ3n) is 3.73. The van der Waals surface area contributed by atoms with Gasteiger partial charge in [-0.15, -0.1) is 0 Å². The number of hydrogen-bond acceptors (Lipinski definition) is 3. The minimum absolute atomic E-state index is 0.00847. The highest BCUT2D eigenvalue weighted by molar-refractivity contribution is 9.10. The van der Waals surface area contributed by atoms with Crippen molar-refractivity contribution in [3.05, 3.63) is 45.7 Å². The number of fused-ring (bicyclic) bond motifs is 1. The lowest BCUT2D eigenvalue weighted by Gasteiger charge is -2.30. The van der Waals surface area contributed by atoms with Gasteiger partial charge in [-0.2, -0.15) is 5.10 Å². The van der Waals surface area contributed by atoms with Crippen LogP contribution >= 0.6 is 15.9 Å². The standard InChI is InChI=1S/C14H16BrN3O/c1-8-11(7-17-18(8)2)14-6-12(16)10-5-9(15)3-4-13(10)19-14/h3-5,7,12,14H,6,16H2,1-2H3. The lowest BCUT2D eigenvalue weighted by molar-refractivity contribution is 0.160. The van der Waals surface area contributed by atoms with Gasteiger partial charge in [0, 0.05) is 40.8 Å². The van der Waals surface area contributed by atoms with Gasteiger partial charge in [0.1, 0.15) is 11.9 Å². The molecule has 5 heteroatoms. The van der Waals surface area contributed by atoms with Crippen LogP contribution in [-0.4, -0.2) is 9.78 Å². The Morgan fingerprint density at radius 3 is 2.89 bits per heavy atom. The van der Waals surface area contributed by atoms with Crippen molar-refractivity contribution in [1.29, 1.82) is 0 Å². The van der Waals surface area contributed by atoms with Gasteiger partial charge < -0.3 is 10.5 Å². The molecule has 3 rings (SSSR count). The van der Waals surface area contributed by atoms with Crippen molar-refractivity contribution in [2.45, 2.75) is 25.5 Å². The van der Waals surface area contributed by atoms with Gasteiger partial charge in [0.05, 0.1) is 6.20 Å². The molecule has 1 aromatic heterocycles. The van der Waals surface area contributed by atoms with Crippen molar-refractivity contribution < 1.29 is 4.74 Å². The third kappa shape index (κ3) is 2.17. The number of ether oxygens (including phenoxy) is 1. The molecule has 0 saturated heterocycles. The van der Waals surface area contributed by atoms with Crippen molar-refractivity contribution in [1.82, 2.24) is 9.78 Å². The molecule has 0 bridgehead atoms. The summed E-state index contributed by atoms with van der Waals surface area (Å²) in [5, 5.41) is 4.27. The Kier molecular flexibility index (Phi) is 3.11. The maximum atomic E-state index is 6.27. The number of halogens is 1. The Hall–Kier alpha value is -1.33. The molecule has 0 radical (unpaired) electrons. The van der Waals surface area contributed by atoms with Gasteiger partial charge in [0.25, 0.3) is 0 Å².